The summed E-state index contributed by atoms with van der Waals surface area (Å²) in [6.07, 6.45) is -1.11. The van der Waals surface area contributed by atoms with E-state index in [0.717, 1.165) is 39.3 Å². The lowest BCUT2D eigenvalue weighted by molar-refractivity contribution is 0.103. The van der Waals surface area contributed by atoms with Crippen molar-refractivity contribution >= 4 is 34.2 Å². The quantitative estimate of drug-likeness (QED) is 0.504. The van der Waals surface area contributed by atoms with E-state index in [1.165, 1.54) is 4.90 Å². The van der Waals surface area contributed by atoms with Crippen LogP contribution in [0.3, 0.4) is 0 Å². The highest BCUT2D eigenvalue weighted by Gasteiger charge is 2.33. The molecule has 0 aliphatic rings. The van der Waals surface area contributed by atoms with Crippen molar-refractivity contribution in [3.8, 4) is 11.3 Å². The highest BCUT2D eigenvalue weighted by Crippen LogP contribution is 2.37. The summed E-state index contributed by atoms with van der Waals surface area (Å²) in [5.74, 6) is -0.308. The van der Waals surface area contributed by atoms with Gasteiger partial charge in [-0.25, -0.2) is 14.7 Å². The van der Waals surface area contributed by atoms with Gasteiger partial charge in [-0.2, -0.15) is 0 Å². The molecule has 0 aliphatic heterocycles. The predicted octanol–water partition coefficient (Wildman–Crippen LogP) is 6.27. The number of nitrogens with zero attached hydrogens (tertiary/aromatic N) is 2. The van der Waals surface area contributed by atoms with E-state index in [1.807, 2.05) is 63.2 Å². The molecule has 7 heteroatoms. The molecule has 0 aliphatic carbocycles. The number of nitrogens with one attached hydrogen (secondary N) is 1. The molecule has 3 aromatic rings. The lowest BCUT2D eigenvalue weighted by Crippen LogP contribution is -2.45. The van der Waals surface area contributed by atoms with Crippen molar-refractivity contribution in [3.63, 3.8) is 0 Å². The molecule has 1 heterocycles. The second-order valence-corrected chi connectivity index (χ2v) is 9.53. The molecule has 6 nitrogen and oxygen atoms in total. The second kappa shape index (κ2) is 8.51. The summed E-state index contributed by atoms with van der Waals surface area (Å²) in [5, 5.41) is 13.1. The van der Waals surface area contributed by atoms with Crippen molar-refractivity contribution in [1.82, 2.24) is 4.98 Å². The summed E-state index contributed by atoms with van der Waals surface area (Å²) in [5.41, 5.74) is 4.34. The van der Waals surface area contributed by atoms with E-state index in [4.69, 9.17) is 0 Å². The van der Waals surface area contributed by atoms with Crippen LogP contribution in [0, 0.1) is 20.8 Å². The number of thiazole rings is 1. The normalized spacial score (nSPS) is 11.3. The fraction of sp³-hybridized carbons (Fsp3) is 0.292. The summed E-state index contributed by atoms with van der Waals surface area (Å²) in [6.45, 7) is 11.3. The fourth-order valence-electron chi connectivity index (χ4n) is 3.55. The summed E-state index contributed by atoms with van der Waals surface area (Å²) in [4.78, 5) is 31.5. The zero-order chi connectivity index (χ0) is 22.9. The fourth-order valence-corrected chi connectivity index (χ4v) is 4.72. The highest BCUT2D eigenvalue weighted by atomic mass is 32.1. The van der Waals surface area contributed by atoms with Crippen LogP contribution in [0.15, 0.2) is 42.5 Å². The second-order valence-electron chi connectivity index (χ2n) is 8.56. The Hall–Kier alpha value is -3.19. The molecule has 0 spiro atoms. The molecule has 2 aromatic carbocycles. The number of anilines is 2. The number of amides is 2. The molecular weight excluding hydrogens is 410 g/mol. The van der Waals surface area contributed by atoms with E-state index in [9.17, 15) is 14.7 Å². The van der Waals surface area contributed by atoms with Crippen molar-refractivity contribution in [2.24, 2.45) is 0 Å². The molecule has 3 rings (SSSR count). The van der Waals surface area contributed by atoms with Crippen LogP contribution in [-0.2, 0) is 0 Å². The Morgan fingerprint density at radius 2 is 1.61 bits per heavy atom. The van der Waals surface area contributed by atoms with Crippen molar-refractivity contribution in [2.75, 3.05) is 10.2 Å². The molecule has 2 amide bonds. The number of carboxylic acid groups (broad SMARTS) is 1. The summed E-state index contributed by atoms with van der Waals surface area (Å²) in [6, 6.07) is 13.4. The van der Waals surface area contributed by atoms with Gasteiger partial charge in [0.2, 0.25) is 0 Å². The largest absolute Gasteiger partial charge is 0.465 e. The Morgan fingerprint density at radius 1 is 1.03 bits per heavy atom. The maximum absolute atomic E-state index is 13.3. The molecule has 0 unspecified atom stereocenters. The maximum Gasteiger partial charge on any atom is 0.414 e. The number of hydrogen-bond acceptors (Lipinski definition) is 4. The monoisotopic (exact) mass is 437 g/mol. The van der Waals surface area contributed by atoms with Crippen molar-refractivity contribution in [2.45, 2.75) is 47.1 Å². The van der Waals surface area contributed by atoms with Gasteiger partial charge < -0.3 is 10.4 Å². The average Bonchev–Trinajstić information content (AvgIpc) is 3.08. The van der Waals surface area contributed by atoms with Gasteiger partial charge in [0.05, 0.1) is 5.69 Å². The molecule has 0 bridgehead atoms. The third-order valence-corrected chi connectivity index (χ3v) is 5.88. The van der Waals surface area contributed by atoms with Crippen LogP contribution in [0.2, 0.25) is 0 Å². The first-order chi connectivity index (χ1) is 14.5. The van der Waals surface area contributed by atoms with Gasteiger partial charge in [0.25, 0.3) is 5.91 Å². The van der Waals surface area contributed by atoms with Crippen LogP contribution in [-0.4, -0.2) is 27.6 Å². The number of benzene rings is 2. The van der Waals surface area contributed by atoms with Gasteiger partial charge in [-0.05, 0) is 52.7 Å². The Kier molecular flexibility index (Phi) is 6.18. The topological polar surface area (TPSA) is 82.5 Å². The first-order valence-corrected chi connectivity index (χ1v) is 10.8. The maximum atomic E-state index is 13.3. The molecule has 1 aromatic heterocycles. The highest BCUT2D eigenvalue weighted by molar-refractivity contribution is 7.18. The van der Waals surface area contributed by atoms with Gasteiger partial charge in [0.1, 0.15) is 4.88 Å². The van der Waals surface area contributed by atoms with E-state index in [0.29, 0.717) is 10.6 Å². The zero-order valence-electron chi connectivity index (χ0n) is 18.6. The molecule has 0 radical (unpaired) electrons. The van der Waals surface area contributed by atoms with Crippen LogP contribution >= 0.6 is 11.3 Å². The number of hydrogen-bond donors (Lipinski definition) is 2. The first kappa shape index (κ1) is 22.5. The number of aromatic nitrogens is 1. The molecular formula is C24H27N3O3S. The number of carbonyl (C=O) groups excluding carboxylic acids is 1. The van der Waals surface area contributed by atoms with Gasteiger partial charge in [-0.15, -0.1) is 0 Å². The third-order valence-electron chi connectivity index (χ3n) is 4.84. The van der Waals surface area contributed by atoms with Crippen LogP contribution in [0.25, 0.3) is 11.3 Å². The molecule has 0 fully saturated rings. The van der Waals surface area contributed by atoms with Crippen LogP contribution in [0.1, 0.15) is 47.1 Å². The van der Waals surface area contributed by atoms with Crippen molar-refractivity contribution in [1.29, 1.82) is 0 Å². The van der Waals surface area contributed by atoms with Gasteiger partial charge in [-0.3, -0.25) is 4.79 Å². The minimum Gasteiger partial charge on any atom is -0.465 e. The SMILES string of the molecule is Cc1cc(C)c(NC(=O)c2sc(N(C(=O)O)C(C)(C)C)nc2-c2ccccc2)c(C)c1. The van der Waals surface area contributed by atoms with E-state index >= 15 is 0 Å². The van der Waals surface area contributed by atoms with Gasteiger partial charge in [-0.1, -0.05) is 59.4 Å². The number of carbonyl (C=O) groups is 2. The number of rotatable bonds is 4. The zero-order valence-corrected chi connectivity index (χ0v) is 19.4. The standard InChI is InChI=1S/C24H27N3O3S/c1-14-12-15(2)18(16(3)13-14)25-21(28)20-19(17-10-8-7-9-11-17)26-22(31-20)27(23(29)30)24(4,5)6/h7-13H,1-6H3,(H,25,28)(H,29,30). The summed E-state index contributed by atoms with van der Waals surface area (Å²) in [7, 11) is 0. The Balaban J connectivity index is 2.11. The minimum absolute atomic E-state index is 0.265. The third kappa shape index (κ3) is 4.77. The molecule has 0 atom stereocenters. The van der Waals surface area contributed by atoms with E-state index < -0.39 is 11.6 Å². The predicted molar refractivity (Wildman–Crippen MR) is 126 cm³/mol. The molecule has 162 valence electrons. The molecule has 2 N–H and O–H groups in total. The summed E-state index contributed by atoms with van der Waals surface area (Å²) >= 11 is 1.08. The van der Waals surface area contributed by atoms with Crippen LogP contribution in [0.4, 0.5) is 15.6 Å². The number of aryl methyl sites for hydroxylation is 3. The van der Waals surface area contributed by atoms with Crippen molar-refractivity contribution in [3.05, 3.63) is 64.0 Å². The smallest absolute Gasteiger partial charge is 0.414 e. The van der Waals surface area contributed by atoms with Gasteiger partial charge >= 0.3 is 6.09 Å². The van der Waals surface area contributed by atoms with Crippen LogP contribution in [0.5, 0.6) is 0 Å². The Morgan fingerprint density at radius 3 is 2.13 bits per heavy atom. The molecule has 0 saturated carbocycles. The molecule has 31 heavy (non-hydrogen) atoms. The van der Waals surface area contributed by atoms with Crippen LogP contribution < -0.4 is 10.2 Å². The first-order valence-electron chi connectivity index (χ1n) is 9.97. The van der Waals surface area contributed by atoms with Gasteiger partial charge in [0.15, 0.2) is 5.13 Å². The lowest BCUT2D eigenvalue weighted by Gasteiger charge is -2.30. The van der Waals surface area contributed by atoms with E-state index in [2.05, 4.69) is 10.3 Å². The van der Waals surface area contributed by atoms with E-state index in [-0.39, 0.29) is 11.0 Å². The lowest BCUT2D eigenvalue weighted by atomic mass is 10.0. The molecule has 0 saturated heterocycles. The van der Waals surface area contributed by atoms with E-state index in [1.54, 1.807) is 20.8 Å². The average molecular weight is 438 g/mol. The van der Waals surface area contributed by atoms with Crippen molar-refractivity contribution < 1.29 is 14.7 Å². The Bertz CT molecular complexity index is 1110. The Labute approximate surface area is 186 Å². The summed E-state index contributed by atoms with van der Waals surface area (Å²) < 4.78 is 0. The van der Waals surface area contributed by atoms with Gasteiger partial charge in [0, 0.05) is 16.8 Å². The minimum atomic E-state index is -1.11.